The van der Waals surface area contributed by atoms with E-state index in [-0.39, 0.29) is 41.0 Å². The number of H-pyrrole nitrogens is 1. The molecule has 1 aromatic heterocycles. The lowest BCUT2D eigenvalue weighted by Gasteiger charge is -2.38. The number of carbonyl (C=O) groups is 4. The van der Waals surface area contributed by atoms with Gasteiger partial charge in [0.05, 0.1) is 0 Å². The molecule has 0 radical (unpaired) electrons. The van der Waals surface area contributed by atoms with Crippen LogP contribution in [0.15, 0.2) is 54.6 Å². The number of amides is 4. The first-order chi connectivity index (χ1) is 20.3. The van der Waals surface area contributed by atoms with Gasteiger partial charge in [-0.25, -0.2) is 0 Å². The maximum Gasteiger partial charge on any atom is 0.399 e. The molecule has 5 N–H and O–H groups in total. The minimum Gasteiger partial charge on any atom is -0.351 e. The summed E-state index contributed by atoms with van der Waals surface area (Å²) in [5.74, 6) is -1.96. The number of hydrogen-bond donors (Lipinski definition) is 5. The highest BCUT2D eigenvalue weighted by Gasteiger charge is 2.50. The average molecular weight is 618 g/mol. The van der Waals surface area contributed by atoms with Crippen LogP contribution in [-0.4, -0.2) is 79.4 Å². The SMILES string of the molecule is CC(=O)N1CC[C@H]2CC[C@@H](C(=O)Nc3ccccc3)N2C(=O)[C@@H](NC(=O)c2cc3cc(C(F)(F)P(=O)(O)O)ccc3[nH]2)C1. The van der Waals surface area contributed by atoms with E-state index in [0.29, 0.717) is 31.5 Å². The van der Waals surface area contributed by atoms with Crippen LogP contribution in [0.3, 0.4) is 0 Å². The third kappa shape index (κ3) is 6.03. The van der Waals surface area contributed by atoms with Crippen molar-refractivity contribution in [2.75, 3.05) is 18.4 Å². The molecule has 43 heavy (non-hydrogen) atoms. The molecule has 3 heterocycles. The molecule has 15 heteroatoms. The number of halogens is 2. The van der Waals surface area contributed by atoms with Gasteiger partial charge in [-0.05, 0) is 49.6 Å². The fourth-order valence-corrected chi connectivity index (χ4v) is 6.09. The number of anilines is 1. The van der Waals surface area contributed by atoms with Crippen LogP contribution >= 0.6 is 7.60 Å². The number of carbonyl (C=O) groups excluding carboxylic acids is 4. The molecule has 2 aliphatic rings. The van der Waals surface area contributed by atoms with Crippen LogP contribution in [-0.2, 0) is 24.6 Å². The van der Waals surface area contributed by atoms with E-state index in [9.17, 15) is 32.5 Å². The Labute approximate surface area is 244 Å². The zero-order chi connectivity index (χ0) is 31.1. The molecular weight excluding hydrogens is 587 g/mol. The lowest BCUT2D eigenvalue weighted by molar-refractivity contribution is -0.143. The van der Waals surface area contributed by atoms with Crippen LogP contribution in [0.1, 0.15) is 42.2 Å². The highest BCUT2D eigenvalue weighted by atomic mass is 31.2. The monoisotopic (exact) mass is 617 g/mol. The van der Waals surface area contributed by atoms with Crippen LogP contribution in [0.25, 0.3) is 10.9 Å². The van der Waals surface area contributed by atoms with Crippen molar-refractivity contribution in [2.45, 2.75) is 50.0 Å². The first kappa shape index (κ1) is 30.3. The topological polar surface area (TPSA) is 172 Å². The smallest absolute Gasteiger partial charge is 0.351 e. The second kappa shape index (κ2) is 11.5. The Hall–Kier alpha value is -4.13. The zero-order valence-corrected chi connectivity index (χ0v) is 23.9. The van der Waals surface area contributed by atoms with Crippen molar-refractivity contribution in [3.8, 4) is 0 Å². The van der Waals surface area contributed by atoms with Crippen LogP contribution in [0.2, 0.25) is 0 Å². The summed E-state index contributed by atoms with van der Waals surface area (Å²) in [6.45, 7) is 1.53. The maximum absolute atomic E-state index is 14.2. The number of alkyl halides is 2. The van der Waals surface area contributed by atoms with Crippen molar-refractivity contribution in [1.29, 1.82) is 0 Å². The number of rotatable bonds is 6. The third-order valence-electron chi connectivity index (χ3n) is 7.86. The molecule has 228 valence electrons. The molecule has 0 saturated carbocycles. The van der Waals surface area contributed by atoms with Crippen LogP contribution in [0.4, 0.5) is 14.5 Å². The van der Waals surface area contributed by atoms with E-state index in [1.54, 1.807) is 30.3 Å². The summed E-state index contributed by atoms with van der Waals surface area (Å²) >= 11 is 0. The molecule has 0 unspecified atom stereocenters. The molecule has 12 nitrogen and oxygen atoms in total. The molecule has 2 fully saturated rings. The molecule has 5 rings (SSSR count). The van der Waals surface area contributed by atoms with E-state index >= 15 is 0 Å². The molecular formula is C28H30F2N5O7P. The summed E-state index contributed by atoms with van der Waals surface area (Å²) < 4.78 is 39.8. The number of aromatic nitrogens is 1. The van der Waals surface area contributed by atoms with E-state index in [2.05, 4.69) is 15.6 Å². The van der Waals surface area contributed by atoms with E-state index in [4.69, 9.17) is 9.79 Å². The van der Waals surface area contributed by atoms with Gasteiger partial charge < -0.3 is 35.2 Å². The quantitative estimate of drug-likeness (QED) is 0.265. The number of aromatic amines is 1. The highest BCUT2D eigenvalue weighted by molar-refractivity contribution is 7.52. The maximum atomic E-state index is 14.2. The lowest BCUT2D eigenvalue weighted by Crippen LogP contribution is -2.60. The lowest BCUT2D eigenvalue weighted by atomic mass is 10.1. The number of benzene rings is 2. The van der Waals surface area contributed by atoms with Gasteiger partial charge in [-0.1, -0.05) is 24.3 Å². The van der Waals surface area contributed by atoms with E-state index < -0.39 is 42.7 Å². The minimum absolute atomic E-state index is 0.0855. The van der Waals surface area contributed by atoms with Crippen LogP contribution in [0, 0.1) is 0 Å². The second-order valence-corrected chi connectivity index (χ2v) is 12.3. The molecule has 0 spiro atoms. The van der Waals surface area contributed by atoms with Gasteiger partial charge in [0.15, 0.2) is 0 Å². The van der Waals surface area contributed by atoms with Crippen molar-refractivity contribution < 1.29 is 42.3 Å². The molecule has 2 saturated heterocycles. The van der Waals surface area contributed by atoms with Crippen molar-refractivity contribution >= 4 is 47.8 Å². The van der Waals surface area contributed by atoms with Gasteiger partial charge in [-0.2, -0.15) is 8.78 Å². The van der Waals surface area contributed by atoms with Gasteiger partial charge >= 0.3 is 13.3 Å². The molecule has 0 bridgehead atoms. The molecule has 2 aliphatic heterocycles. The largest absolute Gasteiger partial charge is 0.399 e. The Morgan fingerprint density at radius 3 is 2.44 bits per heavy atom. The highest BCUT2D eigenvalue weighted by Crippen LogP contribution is 2.59. The summed E-state index contributed by atoms with van der Waals surface area (Å²) in [6, 6.07) is 10.5. The Balaban J connectivity index is 1.40. The molecule has 3 atom stereocenters. The average Bonchev–Trinajstić information content (AvgIpc) is 3.57. The number of para-hydroxylation sites is 1. The van der Waals surface area contributed by atoms with Crippen molar-refractivity contribution in [3.63, 3.8) is 0 Å². The minimum atomic E-state index is -5.80. The molecule has 0 aliphatic carbocycles. The number of hydrogen-bond acceptors (Lipinski definition) is 5. The molecule has 3 aromatic rings. The number of nitrogens with zero attached hydrogens (tertiary/aromatic N) is 2. The molecule has 2 aromatic carbocycles. The summed E-state index contributed by atoms with van der Waals surface area (Å²) in [6.07, 6.45) is 1.40. The van der Waals surface area contributed by atoms with E-state index in [1.807, 2.05) is 0 Å². The van der Waals surface area contributed by atoms with Gasteiger partial charge in [0.1, 0.15) is 17.8 Å². The van der Waals surface area contributed by atoms with Gasteiger partial charge in [-0.3, -0.25) is 23.7 Å². The Bertz CT molecular complexity index is 1630. The summed E-state index contributed by atoms with van der Waals surface area (Å²) in [5.41, 5.74) is -4.65. The first-order valence-corrected chi connectivity index (χ1v) is 15.2. The van der Waals surface area contributed by atoms with Gasteiger partial charge in [0, 0.05) is 48.2 Å². The molecule has 4 amide bonds. The predicted octanol–water partition coefficient (Wildman–Crippen LogP) is 2.74. The number of fused-ring (bicyclic) bond motifs is 2. The van der Waals surface area contributed by atoms with Crippen LogP contribution in [0.5, 0.6) is 0 Å². The van der Waals surface area contributed by atoms with Gasteiger partial charge in [-0.15, -0.1) is 0 Å². The summed E-state index contributed by atoms with van der Waals surface area (Å²) in [5, 5.41) is 5.54. The van der Waals surface area contributed by atoms with Crippen LogP contribution < -0.4 is 10.6 Å². The zero-order valence-electron chi connectivity index (χ0n) is 23.0. The number of nitrogens with one attached hydrogen (secondary N) is 3. The Morgan fingerprint density at radius 2 is 1.77 bits per heavy atom. The Kier molecular flexibility index (Phi) is 8.12. The third-order valence-corrected chi connectivity index (χ3v) is 8.85. The Morgan fingerprint density at radius 1 is 1.05 bits per heavy atom. The fourth-order valence-electron chi connectivity index (χ4n) is 5.62. The van der Waals surface area contributed by atoms with Gasteiger partial charge in [0.25, 0.3) is 5.91 Å². The van der Waals surface area contributed by atoms with Crippen molar-refractivity contribution in [1.82, 2.24) is 20.1 Å². The predicted molar refractivity (Wildman–Crippen MR) is 151 cm³/mol. The first-order valence-electron chi connectivity index (χ1n) is 13.6. The fraction of sp³-hybridized carbons (Fsp3) is 0.357. The normalized spacial score (nSPS) is 21.2. The summed E-state index contributed by atoms with van der Waals surface area (Å²) in [7, 11) is -5.80. The standard InChI is InChI=1S/C28H30F2N5O7P/c1-16(36)34-12-11-20-8-10-24(26(38)31-19-5-3-2-4-6-19)35(20)27(39)23(15-34)33-25(37)22-14-17-13-18(7-9-21(17)32-22)28(29,30)43(40,41)42/h2-7,9,13-14,20,23-24,32H,8,10-12,15H2,1H3,(H,31,38)(H,33,37)(H2,40,41,42)/t20-,23+,24+/m1/s1. The second-order valence-electron chi connectivity index (χ2n) is 10.7. The van der Waals surface area contributed by atoms with Gasteiger partial charge in [0.2, 0.25) is 17.7 Å². The van der Waals surface area contributed by atoms with E-state index in [1.165, 1.54) is 22.8 Å². The van der Waals surface area contributed by atoms with Crippen molar-refractivity contribution in [3.05, 3.63) is 65.9 Å². The van der Waals surface area contributed by atoms with Crippen molar-refractivity contribution in [2.24, 2.45) is 0 Å². The van der Waals surface area contributed by atoms with E-state index in [0.717, 1.165) is 18.2 Å². The summed E-state index contributed by atoms with van der Waals surface area (Å²) in [4.78, 5) is 76.7.